The van der Waals surface area contributed by atoms with Gasteiger partial charge in [0.05, 0.1) is 30.9 Å². The predicted octanol–water partition coefficient (Wildman–Crippen LogP) is 2.53. The number of halogens is 2. The molecule has 140 valence electrons. The van der Waals surface area contributed by atoms with Crippen molar-refractivity contribution in [3.63, 3.8) is 0 Å². The van der Waals surface area contributed by atoms with Crippen molar-refractivity contribution >= 4 is 17.5 Å². The molecule has 0 bridgehead atoms. The lowest BCUT2D eigenvalue weighted by Gasteiger charge is -2.27. The standard InChI is InChI=1S/C17H18ClFN2O5/c1-21(7-12-8-23-4-5-24-12)17(22)14-9-26-16(20-14)10-25-15-3-2-11(19)6-13(15)18/h2-3,6,9,12H,4-5,7-8,10H2,1H3. The number of carbonyl (C=O) groups is 1. The molecule has 0 radical (unpaired) electrons. The summed E-state index contributed by atoms with van der Waals surface area (Å²) in [6.07, 6.45) is 1.11. The number of hydrogen-bond donors (Lipinski definition) is 0. The molecule has 0 saturated carbocycles. The number of nitrogens with zero attached hydrogens (tertiary/aromatic N) is 2. The van der Waals surface area contributed by atoms with E-state index in [1.807, 2.05) is 0 Å². The van der Waals surface area contributed by atoms with Gasteiger partial charge in [-0.2, -0.15) is 0 Å². The Labute approximate surface area is 154 Å². The Morgan fingerprint density at radius 3 is 3.04 bits per heavy atom. The van der Waals surface area contributed by atoms with Crippen LogP contribution >= 0.6 is 11.6 Å². The summed E-state index contributed by atoms with van der Waals surface area (Å²) in [6, 6.07) is 3.79. The number of carbonyl (C=O) groups excluding carboxylic acids is 1. The van der Waals surface area contributed by atoms with Gasteiger partial charge in [0.2, 0.25) is 5.89 Å². The number of benzene rings is 1. The van der Waals surface area contributed by atoms with Crippen LogP contribution in [0.2, 0.25) is 5.02 Å². The van der Waals surface area contributed by atoms with Crippen LogP contribution in [0, 0.1) is 5.82 Å². The summed E-state index contributed by atoms with van der Waals surface area (Å²) in [6.45, 7) is 1.89. The highest BCUT2D eigenvalue weighted by molar-refractivity contribution is 6.32. The van der Waals surface area contributed by atoms with E-state index in [1.54, 1.807) is 7.05 Å². The first-order chi connectivity index (χ1) is 12.5. The van der Waals surface area contributed by atoms with Crippen molar-refractivity contribution in [1.82, 2.24) is 9.88 Å². The maximum atomic E-state index is 13.0. The van der Waals surface area contributed by atoms with Crippen molar-refractivity contribution in [2.75, 3.05) is 33.4 Å². The lowest BCUT2D eigenvalue weighted by Crippen LogP contribution is -2.40. The monoisotopic (exact) mass is 384 g/mol. The zero-order valence-corrected chi connectivity index (χ0v) is 14.9. The Morgan fingerprint density at radius 2 is 2.31 bits per heavy atom. The highest BCUT2D eigenvalue weighted by Gasteiger charge is 2.22. The Kier molecular flexibility index (Phi) is 6.08. The van der Waals surface area contributed by atoms with Gasteiger partial charge in [-0.3, -0.25) is 4.79 Å². The van der Waals surface area contributed by atoms with Gasteiger partial charge in [0.15, 0.2) is 12.3 Å². The van der Waals surface area contributed by atoms with Crippen molar-refractivity contribution in [3.05, 3.63) is 46.9 Å². The second-order valence-corrected chi connectivity index (χ2v) is 6.15. The van der Waals surface area contributed by atoms with Crippen LogP contribution in [0.3, 0.4) is 0 Å². The van der Waals surface area contributed by atoms with E-state index in [9.17, 15) is 9.18 Å². The minimum Gasteiger partial charge on any atom is -0.482 e. The fourth-order valence-electron chi connectivity index (χ4n) is 2.43. The van der Waals surface area contributed by atoms with Gasteiger partial charge in [-0.1, -0.05) is 11.6 Å². The van der Waals surface area contributed by atoms with E-state index in [4.69, 9.17) is 30.2 Å². The molecule has 1 aliphatic heterocycles. The average Bonchev–Trinajstić information content (AvgIpc) is 3.10. The van der Waals surface area contributed by atoms with Crippen molar-refractivity contribution in [1.29, 1.82) is 0 Å². The molecule has 26 heavy (non-hydrogen) atoms. The summed E-state index contributed by atoms with van der Waals surface area (Å²) in [5.74, 6) is -0.249. The first-order valence-corrected chi connectivity index (χ1v) is 8.38. The van der Waals surface area contributed by atoms with Crippen LogP contribution in [0.5, 0.6) is 5.75 Å². The number of aromatic nitrogens is 1. The smallest absolute Gasteiger partial charge is 0.275 e. The summed E-state index contributed by atoms with van der Waals surface area (Å²) in [5.41, 5.74) is 0.160. The summed E-state index contributed by atoms with van der Waals surface area (Å²) < 4.78 is 34.5. The molecular weight excluding hydrogens is 367 g/mol. The molecule has 1 unspecified atom stereocenters. The molecule has 0 aliphatic carbocycles. The summed E-state index contributed by atoms with van der Waals surface area (Å²) in [4.78, 5) is 18.0. The van der Waals surface area contributed by atoms with Gasteiger partial charge in [-0.15, -0.1) is 0 Å². The molecule has 1 fully saturated rings. The fraction of sp³-hybridized carbons (Fsp3) is 0.412. The van der Waals surface area contributed by atoms with Gasteiger partial charge in [0, 0.05) is 13.6 Å². The van der Waals surface area contributed by atoms with Crippen LogP contribution in [0.25, 0.3) is 0 Å². The quantitative estimate of drug-likeness (QED) is 0.762. The van der Waals surface area contributed by atoms with Gasteiger partial charge in [-0.25, -0.2) is 9.37 Å². The molecule has 2 aromatic rings. The van der Waals surface area contributed by atoms with Crippen LogP contribution in [-0.2, 0) is 16.1 Å². The molecule has 1 aliphatic rings. The molecular formula is C17H18ClFN2O5. The first-order valence-electron chi connectivity index (χ1n) is 8.00. The van der Waals surface area contributed by atoms with Crippen LogP contribution in [0.4, 0.5) is 4.39 Å². The summed E-state index contributed by atoms with van der Waals surface area (Å²) in [5, 5.41) is 0.141. The molecule has 3 rings (SSSR count). The van der Waals surface area contributed by atoms with Gasteiger partial charge in [0.1, 0.15) is 17.8 Å². The van der Waals surface area contributed by atoms with Gasteiger partial charge in [0.25, 0.3) is 5.91 Å². The third-order valence-electron chi connectivity index (χ3n) is 3.73. The SMILES string of the molecule is CN(CC1COCCO1)C(=O)c1coc(COc2ccc(F)cc2Cl)n1. The molecule has 1 saturated heterocycles. The van der Waals surface area contributed by atoms with E-state index in [2.05, 4.69) is 4.98 Å². The highest BCUT2D eigenvalue weighted by atomic mass is 35.5. The third kappa shape index (κ3) is 4.72. The number of amides is 1. The van der Waals surface area contributed by atoms with E-state index >= 15 is 0 Å². The van der Waals surface area contributed by atoms with Crippen molar-refractivity contribution in [2.24, 2.45) is 0 Å². The average molecular weight is 385 g/mol. The molecule has 1 amide bonds. The van der Waals surface area contributed by atoms with E-state index in [1.165, 1.54) is 23.3 Å². The molecule has 9 heteroatoms. The molecule has 1 aromatic carbocycles. The molecule has 1 aromatic heterocycles. The summed E-state index contributed by atoms with van der Waals surface area (Å²) in [7, 11) is 1.66. The number of likely N-dealkylation sites (N-methyl/N-ethyl adjacent to an activating group) is 1. The van der Waals surface area contributed by atoms with E-state index in [0.29, 0.717) is 32.1 Å². The van der Waals surface area contributed by atoms with Gasteiger partial charge in [-0.05, 0) is 18.2 Å². The first kappa shape index (κ1) is 18.6. The topological polar surface area (TPSA) is 74.0 Å². The van der Waals surface area contributed by atoms with Gasteiger partial charge >= 0.3 is 0 Å². The predicted molar refractivity (Wildman–Crippen MR) is 89.8 cm³/mol. The maximum absolute atomic E-state index is 13.0. The lowest BCUT2D eigenvalue weighted by atomic mass is 10.3. The van der Waals surface area contributed by atoms with Crippen LogP contribution in [0.1, 0.15) is 16.4 Å². The Balaban J connectivity index is 1.55. The van der Waals surface area contributed by atoms with E-state index in [-0.39, 0.29) is 35.2 Å². The molecule has 0 N–H and O–H groups in total. The van der Waals surface area contributed by atoms with Crippen molar-refractivity contribution < 1.29 is 27.8 Å². The van der Waals surface area contributed by atoms with Crippen LogP contribution < -0.4 is 4.74 Å². The Hall–Kier alpha value is -2.16. The minimum atomic E-state index is -0.457. The number of rotatable bonds is 6. The fourth-order valence-corrected chi connectivity index (χ4v) is 2.65. The zero-order chi connectivity index (χ0) is 18.5. The highest BCUT2D eigenvalue weighted by Crippen LogP contribution is 2.25. The van der Waals surface area contributed by atoms with Crippen molar-refractivity contribution in [2.45, 2.75) is 12.7 Å². The number of hydrogen-bond acceptors (Lipinski definition) is 6. The second kappa shape index (κ2) is 8.48. The van der Waals surface area contributed by atoms with E-state index in [0.717, 1.165) is 6.07 Å². The maximum Gasteiger partial charge on any atom is 0.275 e. The second-order valence-electron chi connectivity index (χ2n) is 5.74. The zero-order valence-electron chi connectivity index (χ0n) is 14.1. The Bertz CT molecular complexity index is 763. The normalized spacial score (nSPS) is 17.1. The third-order valence-corrected chi connectivity index (χ3v) is 4.02. The van der Waals surface area contributed by atoms with Crippen LogP contribution in [-0.4, -0.2) is 55.3 Å². The molecule has 7 nitrogen and oxygen atoms in total. The molecule has 1 atom stereocenters. The number of oxazole rings is 1. The van der Waals surface area contributed by atoms with Gasteiger partial charge < -0.3 is 23.5 Å². The van der Waals surface area contributed by atoms with E-state index < -0.39 is 5.82 Å². The number of ether oxygens (including phenoxy) is 3. The molecule has 0 spiro atoms. The molecule has 2 heterocycles. The minimum absolute atomic E-state index is 0.0398. The largest absolute Gasteiger partial charge is 0.482 e. The Morgan fingerprint density at radius 1 is 1.46 bits per heavy atom. The van der Waals surface area contributed by atoms with Crippen molar-refractivity contribution in [3.8, 4) is 5.75 Å². The summed E-state index contributed by atoms with van der Waals surface area (Å²) >= 11 is 5.89. The van der Waals surface area contributed by atoms with Crippen LogP contribution in [0.15, 0.2) is 28.9 Å². The lowest BCUT2D eigenvalue weighted by molar-refractivity contribution is -0.0933.